The molecule has 0 spiro atoms. The molecule has 0 radical (unpaired) electrons. The van der Waals surface area contributed by atoms with E-state index in [0.29, 0.717) is 11.8 Å². The molecule has 1 atom stereocenters. The second-order valence-corrected chi connectivity index (χ2v) is 5.65. The molecule has 0 aromatic carbocycles. The normalized spacial score (nSPS) is 18.4. The van der Waals surface area contributed by atoms with Crippen LogP contribution in [-0.2, 0) is 4.74 Å². The summed E-state index contributed by atoms with van der Waals surface area (Å²) in [7, 11) is 0. The zero-order valence-corrected chi connectivity index (χ0v) is 13.1. The minimum atomic E-state index is -0.315. The van der Waals surface area contributed by atoms with Crippen LogP contribution in [-0.4, -0.2) is 36.8 Å². The number of aromatic nitrogens is 1. The van der Waals surface area contributed by atoms with Crippen molar-refractivity contribution in [2.24, 2.45) is 0 Å². The molecule has 21 heavy (non-hydrogen) atoms. The number of carbonyl (C=O) groups is 1. The minimum absolute atomic E-state index is 0.114. The SMILES string of the molecule is CCCCOC(=O)N[C@H]1CCCN(c2ccc(Cl)nc2)C1. The lowest BCUT2D eigenvalue weighted by Crippen LogP contribution is -2.48. The largest absolute Gasteiger partial charge is 0.450 e. The van der Waals surface area contributed by atoms with Gasteiger partial charge in [-0.15, -0.1) is 0 Å². The number of ether oxygens (including phenoxy) is 1. The summed E-state index contributed by atoms with van der Waals surface area (Å²) in [6.07, 6.45) is 5.38. The fraction of sp³-hybridized carbons (Fsp3) is 0.600. The second kappa shape index (κ2) is 8.08. The van der Waals surface area contributed by atoms with Crippen molar-refractivity contribution < 1.29 is 9.53 Å². The fourth-order valence-electron chi connectivity index (χ4n) is 2.40. The molecule has 1 aromatic rings. The highest BCUT2D eigenvalue weighted by Crippen LogP contribution is 2.20. The number of hydrogen-bond acceptors (Lipinski definition) is 4. The molecule has 1 aliphatic heterocycles. The first-order valence-corrected chi connectivity index (χ1v) is 7.86. The number of anilines is 1. The van der Waals surface area contributed by atoms with E-state index in [1.165, 1.54) is 0 Å². The van der Waals surface area contributed by atoms with Gasteiger partial charge in [-0.3, -0.25) is 0 Å². The summed E-state index contributed by atoms with van der Waals surface area (Å²) in [5.41, 5.74) is 1.03. The number of hydrogen-bond donors (Lipinski definition) is 1. The van der Waals surface area contributed by atoms with Crippen LogP contribution in [0.25, 0.3) is 0 Å². The van der Waals surface area contributed by atoms with E-state index in [-0.39, 0.29) is 12.1 Å². The van der Waals surface area contributed by atoms with Crippen LogP contribution < -0.4 is 10.2 Å². The van der Waals surface area contributed by atoms with Crippen molar-refractivity contribution in [3.8, 4) is 0 Å². The molecule has 1 N–H and O–H groups in total. The molecule has 1 fully saturated rings. The van der Waals surface area contributed by atoms with Crippen LogP contribution in [0.3, 0.4) is 0 Å². The van der Waals surface area contributed by atoms with Gasteiger partial charge in [0.1, 0.15) is 5.15 Å². The zero-order valence-electron chi connectivity index (χ0n) is 12.3. The Morgan fingerprint density at radius 3 is 3.14 bits per heavy atom. The average Bonchev–Trinajstić information content (AvgIpc) is 2.48. The fourth-order valence-corrected chi connectivity index (χ4v) is 2.51. The van der Waals surface area contributed by atoms with Gasteiger partial charge in [-0.1, -0.05) is 24.9 Å². The minimum Gasteiger partial charge on any atom is -0.450 e. The molecule has 2 heterocycles. The monoisotopic (exact) mass is 311 g/mol. The van der Waals surface area contributed by atoms with Crippen LogP contribution in [0.2, 0.25) is 5.15 Å². The Kier molecular flexibility index (Phi) is 6.11. The van der Waals surface area contributed by atoms with Crippen molar-refractivity contribution in [2.45, 2.75) is 38.6 Å². The third-order valence-corrected chi connectivity index (χ3v) is 3.77. The Morgan fingerprint density at radius 1 is 1.57 bits per heavy atom. The first-order chi connectivity index (χ1) is 10.2. The summed E-state index contributed by atoms with van der Waals surface area (Å²) in [5.74, 6) is 0. The van der Waals surface area contributed by atoms with Crippen LogP contribution in [0.4, 0.5) is 10.5 Å². The number of nitrogens with one attached hydrogen (secondary N) is 1. The maximum Gasteiger partial charge on any atom is 0.407 e. The standard InChI is InChI=1S/C15H22ClN3O2/c1-2-3-9-21-15(20)18-12-5-4-8-19(11-12)13-6-7-14(16)17-10-13/h6-7,10,12H,2-5,8-9,11H2,1H3,(H,18,20)/t12-/m0/s1. The maximum absolute atomic E-state index is 11.7. The zero-order chi connectivity index (χ0) is 15.1. The van der Waals surface area contributed by atoms with Crippen LogP contribution in [0, 0.1) is 0 Å². The number of nitrogens with zero attached hydrogens (tertiary/aromatic N) is 2. The highest BCUT2D eigenvalue weighted by atomic mass is 35.5. The molecule has 2 rings (SSSR count). The molecule has 6 heteroatoms. The summed E-state index contributed by atoms with van der Waals surface area (Å²) in [6, 6.07) is 3.85. The molecule has 1 saturated heterocycles. The first-order valence-electron chi connectivity index (χ1n) is 7.49. The highest BCUT2D eigenvalue weighted by molar-refractivity contribution is 6.29. The lowest BCUT2D eigenvalue weighted by Gasteiger charge is -2.34. The predicted molar refractivity (Wildman–Crippen MR) is 83.9 cm³/mol. The number of piperidine rings is 1. The molecule has 0 saturated carbocycles. The number of pyridine rings is 1. The molecular formula is C15H22ClN3O2. The molecule has 0 unspecified atom stereocenters. The number of amides is 1. The van der Waals surface area contributed by atoms with Gasteiger partial charge in [-0.05, 0) is 31.4 Å². The molecule has 1 amide bonds. The third kappa shape index (κ3) is 5.08. The smallest absolute Gasteiger partial charge is 0.407 e. The van der Waals surface area contributed by atoms with Crippen LogP contribution >= 0.6 is 11.6 Å². The van der Waals surface area contributed by atoms with E-state index >= 15 is 0 Å². The summed E-state index contributed by atoms with van der Waals surface area (Å²) in [4.78, 5) is 18.0. The summed E-state index contributed by atoms with van der Waals surface area (Å²) < 4.78 is 5.14. The molecule has 0 bridgehead atoms. The Bertz CT molecular complexity index is 453. The van der Waals surface area contributed by atoms with Crippen molar-refractivity contribution in [1.82, 2.24) is 10.3 Å². The van der Waals surface area contributed by atoms with Gasteiger partial charge in [0, 0.05) is 19.1 Å². The van der Waals surface area contributed by atoms with Gasteiger partial charge >= 0.3 is 6.09 Å². The molecule has 116 valence electrons. The summed E-state index contributed by atoms with van der Waals surface area (Å²) in [6.45, 7) is 4.29. The van der Waals surface area contributed by atoms with Gasteiger partial charge in [0.25, 0.3) is 0 Å². The number of rotatable bonds is 5. The molecule has 0 aliphatic carbocycles. The maximum atomic E-state index is 11.7. The van der Waals surface area contributed by atoms with Crippen molar-refractivity contribution in [3.63, 3.8) is 0 Å². The second-order valence-electron chi connectivity index (χ2n) is 5.26. The molecule has 5 nitrogen and oxygen atoms in total. The lowest BCUT2D eigenvalue weighted by molar-refractivity contribution is 0.139. The van der Waals surface area contributed by atoms with Crippen molar-refractivity contribution in [3.05, 3.63) is 23.5 Å². The van der Waals surface area contributed by atoms with Crippen molar-refractivity contribution >= 4 is 23.4 Å². The van der Waals surface area contributed by atoms with E-state index in [0.717, 1.165) is 44.5 Å². The number of halogens is 1. The van der Waals surface area contributed by atoms with Gasteiger partial charge in [0.2, 0.25) is 0 Å². The Balaban J connectivity index is 1.83. The van der Waals surface area contributed by atoms with E-state index in [9.17, 15) is 4.79 Å². The molecule has 1 aliphatic rings. The van der Waals surface area contributed by atoms with E-state index in [1.54, 1.807) is 12.3 Å². The Hall–Kier alpha value is -1.49. The molecule has 1 aromatic heterocycles. The van der Waals surface area contributed by atoms with Crippen LogP contribution in [0.15, 0.2) is 18.3 Å². The topological polar surface area (TPSA) is 54.5 Å². The van der Waals surface area contributed by atoms with Gasteiger partial charge < -0.3 is 15.0 Å². The molecular weight excluding hydrogens is 290 g/mol. The summed E-state index contributed by atoms with van der Waals surface area (Å²) in [5, 5.41) is 3.43. The number of alkyl carbamates (subject to hydrolysis) is 1. The van der Waals surface area contributed by atoms with Crippen molar-refractivity contribution in [1.29, 1.82) is 0 Å². The van der Waals surface area contributed by atoms with Gasteiger partial charge in [-0.2, -0.15) is 0 Å². The number of carbonyl (C=O) groups excluding carboxylic acids is 1. The van der Waals surface area contributed by atoms with Crippen LogP contribution in [0.5, 0.6) is 0 Å². The van der Waals surface area contributed by atoms with Gasteiger partial charge in [0.15, 0.2) is 0 Å². The van der Waals surface area contributed by atoms with E-state index in [2.05, 4.69) is 22.1 Å². The summed E-state index contributed by atoms with van der Waals surface area (Å²) >= 11 is 5.81. The van der Waals surface area contributed by atoms with E-state index < -0.39 is 0 Å². The van der Waals surface area contributed by atoms with E-state index in [4.69, 9.17) is 16.3 Å². The van der Waals surface area contributed by atoms with Gasteiger partial charge in [-0.25, -0.2) is 9.78 Å². The third-order valence-electron chi connectivity index (χ3n) is 3.55. The Morgan fingerprint density at radius 2 is 2.43 bits per heavy atom. The first kappa shape index (κ1) is 15.9. The Labute approximate surface area is 130 Å². The average molecular weight is 312 g/mol. The van der Waals surface area contributed by atoms with E-state index in [1.807, 2.05) is 6.07 Å². The van der Waals surface area contributed by atoms with Crippen LogP contribution in [0.1, 0.15) is 32.6 Å². The van der Waals surface area contributed by atoms with Gasteiger partial charge in [0.05, 0.1) is 18.5 Å². The highest BCUT2D eigenvalue weighted by Gasteiger charge is 2.22. The number of unbranched alkanes of at least 4 members (excludes halogenated alkanes) is 1. The predicted octanol–water partition coefficient (Wildman–Crippen LogP) is 3.23. The van der Waals surface area contributed by atoms with Crippen molar-refractivity contribution in [2.75, 3.05) is 24.6 Å². The quantitative estimate of drug-likeness (QED) is 0.670. The lowest BCUT2D eigenvalue weighted by atomic mass is 10.1.